The SMILES string of the molecule is COC(=O)N[C@H](C(=O)N1CC(C)=C[C@H]1c1ncc(-c2ccc3cc(-c4ccc5nc([C@@H]6CCCN6C(=O)[C@@H](NC(O)OC)C(C)C)[nH]c5c4)ccc3c2)[nH]1)C(C)C. The average Bonchev–Trinajstić information content (AvgIpc) is 4.03. The zero-order chi connectivity index (χ0) is 40.5. The van der Waals surface area contributed by atoms with Crippen LogP contribution in [0.3, 0.4) is 0 Å². The second-order valence-corrected chi connectivity index (χ2v) is 15.8. The van der Waals surface area contributed by atoms with E-state index >= 15 is 0 Å². The van der Waals surface area contributed by atoms with Crippen molar-refractivity contribution in [3.05, 3.63) is 84.1 Å². The van der Waals surface area contributed by atoms with Crippen LogP contribution in [0.4, 0.5) is 4.79 Å². The van der Waals surface area contributed by atoms with Crippen LogP contribution in [0.2, 0.25) is 0 Å². The first-order valence-corrected chi connectivity index (χ1v) is 19.5. The first kappa shape index (κ1) is 39.7. The number of likely N-dealkylation sites (tertiary alicyclic amines) is 1. The third kappa shape index (κ3) is 8.16. The monoisotopic (exact) mass is 776 g/mol. The van der Waals surface area contributed by atoms with E-state index in [9.17, 15) is 19.5 Å². The number of aliphatic hydroxyl groups excluding tert-OH is 1. The van der Waals surface area contributed by atoms with E-state index in [1.165, 1.54) is 14.2 Å². The van der Waals surface area contributed by atoms with Gasteiger partial charge in [-0.2, -0.15) is 0 Å². The minimum atomic E-state index is -1.23. The molecule has 2 aliphatic heterocycles. The number of rotatable bonds is 12. The first-order chi connectivity index (χ1) is 27.3. The van der Waals surface area contributed by atoms with Gasteiger partial charge in [0.05, 0.1) is 42.1 Å². The van der Waals surface area contributed by atoms with Crippen molar-refractivity contribution in [2.45, 2.75) is 78.0 Å². The molecule has 5 atom stereocenters. The molecular weight excluding hydrogens is 725 g/mol. The third-order valence-corrected chi connectivity index (χ3v) is 11.1. The number of aromatic nitrogens is 4. The molecule has 0 bridgehead atoms. The quantitative estimate of drug-likeness (QED) is 0.0731. The Labute approximate surface area is 332 Å². The fraction of sp³-hybridized carbons (Fsp3) is 0.419. The van der Waals surface area contributed by atoms with Gasteiger partial charge in [0.1, 0.15) is 23.7 Å². The lowest BCUT2D eigenvalue weighted by Crippen LogP contribution is -2.52. The maximum absolute atomic E-state index is 13.7. The molecule has 1 unspecified atom stereocenters. The number of hydrogen-bond donors (Lipinski definition) is 5. The summed E-state index contributed by atoms with van der Waals surface area (Å²) in [6.45, 7) is 10.7. The van der Waals surface area contributed by atoms with Crippen molar-refractivity contribution in [2.24, 2.45) is 11.8 Å². The third-order valence-electron chi connectivity index (χ3n) is 11.1. The van der Waals surface area contributed by atoms with E-state index < -0.39 is 30.6 Å². The Bertz CT molecular complexity index is 2310. The van der Waals surface area contributed by atoms with E-state index in [1.807, 2.05) is 51.7 Å². The lowest BCUT2D eigenvalue weighted by atomic mass is 9.99. The number of H-pyrrole nitrogens is 2. The van der Waals surface area contributed by atoms with Gasteiger partial charge in [-0.05, 0) is 77.8 Å². The van der Waals surface area contributed by atoms with Crippen molar-refractivity contribution in [1.82, 2.24) is 40.4 Å². The number of carbonyl (C=O) groups is 3. The lowest BCUT2D eigenvalue weighted by molar-refractivity contribution is -0.145. The molecule has 300 valence electrons. The summed E-state index contributed by atoms with van der Waals surface area (Å²) in [7, 11) is 2.67. The summed E-state index contributed by atoms with van der Waals surface area (Å²) in [5, 5.41) is 17.8. The average molecular weight is 777 g/mol. The summed E-state index contributed by atoms with van der Waals surface area (Å²) in [4.78, 5) is 59.6. The van der Waals surface area contributed by atoms with Gasteiger partial charge in [0.15, 0.2) is 0 Å². The molecular formula is C43H52N8O6. The standard InChI is InChI=1S/C43H52N8O6/c1-23(2)36(48-42(54)56-6)40(52)50-16-8-9-34(50)39-45-31-15-14-29(20-32(31)46-39)27-10-11-28-19-30(13-12-26(28)18-27)33-21-44-38(47-33)35-17-25(5)22-51(35)41(53)37(24(3)4)49-43(55)57-7/h10-15,17-21,23-24,34-37,42,48,54H,8-9,16,22H2,1-7H3,(H,44,47)(H,45,46)(H,49,55)/t34-,35-,36-,37-,42?/m0/s1. The Morgan fingerprint density at radius 1 is 0.860 bits per heavy atom. The molecule has 2 aliphatic rings. The summed E-state index contributed by atoms with van der Waals surface area (Å²) < 4.78 is 9.74. The molecule has 7 rings (SSSR count). The van der Waals surface area contributed by atoms with Crippen LogP contribution in [0.1, 0.15) is 71.2 Å². The highest BCUT2D eigenvalue weighted by Crippen LogP contribution is 2.35. The van der Waals surface area contributed by atoms with E-state index in [0.29, 0.717) is 18.9 Å². The number of alkyl carbamates (subject to hydrolysis) is 1. The topological polar surface area (TPSA) is 178 Å². The van der Waals surface area contributed by atoms with E-state index in [2.05, 4.69) is 69.1 Å². The second-order valence-electron chi connectivity index (χ2n) is 15.8. The molecule has 0 aliphatic carbocycles. The number of nitrogens with one attached hydrogen (secondary N) is 4. The Balaban J connectivity index is 1.08. The van der Waals surface area contributed by atoms with Gasteiger partial charge in [-0.3, -0.25) is 14.9 Å². The first-order valence-electron chi connectivity index (χ1n) is 19.5. The maximum Gasteiger partial charge on any atom is 0.407 e. The predicted octanol–water partition coefficient (Wildman–Crippen LogP) is 6.18. The number of aliphatic hydroxyl groups is 1. The Morgan fingerprint density at radius 2 is 1.53 bits per heavy atom. The lowest BCUT2D eigenvalue weighted by Gasteiger charge is -2.31. The molecule has 3 aromatic carbocycles. The minimum Gasteiger partial charge on any atom is -0.453 e. The normalized spacial score (nSPS) is 18.7. The molecule has 0 radical (unpaired) electrons. The number of amides is 3. The van der Waals surface area contributed by atoms with Crippen LogP contribution in [0, 0.1) is 11.8 Å². The molecule has 4 heterocycles. The number of nitrogens with zero attached hydrogens (tertiary/aromatic N) is 4. The van der Waals surface area contributed by atoms with E-state index in [1.54, 1.807) is 11.1 Å². The summed E-state index contributed by atoms with van der Waals surface area (Å²) in [6, 6.07) is 16.9. The van der Waals surface area contributed by atoms with Crippen molar-refractivity contribution in [1.29, 1.82) is 0 Å². The Morgan fingerprint density at radius 3 is 2.23 bits per heavy atom. The number of aromatic amines is 2. The fourth-order valence-corrected chi connectivity index (χ4v) is 7.96. The van der Waals surface area contributed by atoms with Crippen LogP contribution in [-0.4, -0.2) is 98.6 Å². The molecule has 5 aromatic rings. The molecule has 1 fully saturated rings. The Kier molecular flexibility index (Phi) is 11.5. The molecule has 57 heavy (non-hydrogen) atoms. The van der Waals surface area contributed by atoms with Gasteiger partial charge in [-0.15, -0.1) is 0 Å². The van der Waals surface area contributed by atoms with E-state index in [0.717, 1.165) is 68.4 Å². The van der Waals surface area contributed by atoms with Gasteiger partial charge in [-0.1, -0.05) is 69.7 Å². The summed E-state index contributed by atoms with van der Waals surface area (Å²) >= 11 is 0. The zero-order valence-electron chi connectivity index (χ0n) is 33.5. The second kappa shape index (κ2) is 16.5. The number of imidazole rings is 2. The van der Waals surface area contributed by atoms with Gasteiger partial charge >= 0.3 is 6.09 Å². The number of fused-ring (bicyclic) bond motifs is 2. The number of hydrogen-bond acceptors (Lipinski definition) is 9. The van der Waals surface area contributed by atoms with Crippen LogP contribution in [0.15, 0.2) is 72.4 Å². The van der Waals surface area contributed by atoms with Gasteiger partial charge in [0.25, 0.3) is 0 Å². The van der Waals surface area contributed by atoms with Crippen molar-refractivity contribution < 1.29 is 29.0 Å². The van der Waals surface area contributed by atoms with Gasteiger partial charge in [0, 0.05) is 25.8 Å². The highest BCUT2D eigenvalue weighted by molar-refractivity contribution is 5.92. The van der Waals surface area contributed by atoms with Gasteiger partial charge in [-0.25, -0.2) is 14.8 Å². The summed E-state index contributed by atoms with van der Waals surface area (Å²) in [5.74, 6) is 0.939. The predicted molar refractivity (Wildman–Crippen MR) is 217 cm³/mol. The zero-order valence-corrected chi connectivity index (χ0v) is 33.5. The highest BCUT2D eigenvalue weighted by atomic mass is 16.6. The molecule has 14 nitrogen and oxygen atoms in total. The van der Waals surface area contributed by atoms with Crippen molar-refractivity contribution >= 4 is 39.7 Å². The number of carbonyl (C=O) groups excluding carboxylic acids is 3. The maximum atomic E-state index is 13.7. The number of ether oxygens (including phenoxy) is 2. The summed E-state index contributed by atoms with van der Waals surface area (Å²) in [6.07, 6.45) is 3.62. The van der Waals surface area contributed by atoms with Crippen molar-refractivity contribution in [3.8, 4) is 22.4 Å². The van der Waals surface area contributed by atoms with Crippen LogP contribution >= 0.6 is 0 Å². The molecule has 0 saturated carbocycles. The summed E-state index contributed by atoms with van der Waals surface area (Å²) in [5.41, 5.74) is 6.68. The largest absolute Gasteiger partial charge is 0.453 e. The van der Waals surface area contributed by atoms with E-state index in [4.69, 9.17) is 19.4 Å². The van der Waals surface area contributed by atoms with Crippen LogP contribution in [0.5, 0.6) is 0 Å². The van der Waals surface area contributed by atoms with Crippen molar-refractivity contribution in [2.75, 3.05) is 27.3 Å². The Hall–Kier alpha value is -5.57. The minimum absolute atomic E-state index is 0.0508. The van der Waals surface area contributed by atoms with Gasteiger partial charge < -0.3 is 39.7 Å². The van der Waals surface area contributed by atoms with Crippen LogP contribution in [0.25, 0.3) is 44.2 Å². The van der Waals surface area contributed by atoms with Crippen LogP contribution < -0.4 is 10.6 Å². The molecule has 14 heteroatoms. The van der Waals surface area contributed by atoms with E-state index in [-0.39, 0.29) is 29.7 Å². The molecule has 1 saturated heterocycles. The fourth-order valence-electron chi connectivity index (χ4n) is 7.96. The molecule has 0 spiro atoms. The van der Waals surface area contributed by atoms with Crippen molar-refractivity contribution in [3.63, 3.8) is 0 Å². The molecule has 3 amide bonds. The molecule has 2 aromatic heterocycles. The molecule has 5 N–H and O–H groups in total. The number of methoxy groups -OCH3 is 2. The highest BCUT2D eigenvalue weighted by Gasteiger charge is 2.38. The van der Waals surface area contributed by atoms with Gasteiger partial charge in [0.2, 0.25) is 18.2 Å². The number of benzene rings is 3. The smallest absolute Gasteiger partial charge is 0.407 e. The van der Waals surface area contributed by atoms with Crippen LogP contribution in [-0.2, 0) is 19.1 Å².